The molecule has 0 saturated heterocycles. The van der Waals surface area contributed by atoms with Crippen LogP contribution in [0.25, 0.3) is 0 Å². The number of alkyl halides is 1. The predicted octanol–water partition coefficient (Wildman–Crippen LogP) is 5.14. The summed E-state index contributed by atoms with van der Waals surface area (Å²) < 4.78 is 19.6. The smallest absolute Gasteiger partial charge is 0.123 e. The fourth-order valence-electron chi connectivity index (χ4n) is 1.53. The maximum Gasteiger partial charge on any atom is 0.123 e. The van der Waals surface area contributed by atoms with Crippen LogP contribution in [0, 0.1) is 5.82 Å². The van der Waals surface area contributed by atoms with Crippen LogP contribution in [0.4, 0.5) is 4.39 Å². The standard InChI is InChI=1S/C12H9Br2FOS/c1-16-10-3-2-7(15)6-8(10)11(14)12-9(13)4-5-17-12/h2-6,11H,1H3. The monoisotopic (exact) mass is 378 g/mol. The van der Waals surface area contributed by atoms with Gasteiger partial charge in [-0.15, -0.1) is 11.3 Å². The second kappa shape index (κ2) is 5.50. The van der Waals surface area contributed by atoms with Crippen LogP contribution in [-0.4, -0.2) is 7.11 Å². The van der Waals surface area contributed by atoms with E-state index in [-0.39, 0.29) is 10.6 Å². The molecule has 0 spiro atoms. The zero-order valence-corrected chi connectivity index (χ0v) is 12.9. The van der Waals surface area contributed by atoms with Gasteiger partial charge < -0.3 is 4.74 Å². The van der Waals surface area contributed by atoms with E-state index in [4.69, 9.17) is 4.74 Å². The molecule has 1 atom stereocenters. The number of ether oxygens (including phenoxy) is 1. The van der Waals surface area contributed by atoms with Gasteiger partial charge in [0, 0.05) is 14.9 Å². The lowest BCUT2D eigenvalue weighted by Gasteiger charge is -2.13. The Hall–Kier alpha value is -0.390. The third-order valence-corrected chi connectivity index (χ3v) is 5.53. The van der Waals surface area contributed by atoms with Gasteiger partial charge in [-0.25, -0.2) is 4.39 Å². The number of thiophene rings is 1. The molecule has 0 aliphatic heterocycles. The number of benzene rings is 1. The van der Waals surface area contributed by atoms with Crippen molar-refractivity contribution in [2.24, 2.45) is 0 Å². The highest BCUT2D eigenvalue weighted by atomic mass is 79.9. The van der Waals surface area contributed by atoms with Crippen molar-refractivity contribution in [2.75, 3.05) is 7.11 Å². The van der Waals surface area contributed by atoms with Gasteiger partial charge in [0.2, 0.25) is 0 Å². The van der Waals surface area contributed by atoms with E-state index in [1.54, 1.807) is 24.5 Å². The molecule has 0 amide bonds. The molecule has 0 radical (unpaired) electrons. The fourth-order valence-corrected chi connectivity index (χ4v) is 4.36. The molecular formula is C12H9Br2FOS. The summed E-state index contributed by atoms with van der Waals surface area (Å²) in [5.74, 6) is 0.409. The van der Waals surface area contributed by atoms with Crippen molar-refractivity contribution in [2.45, 2.75) is 4.83 Å². The van der Waals surface area contributed by atoms with E-state index in [2.05, 4.69) is 31.9 Å². The Morgan fingerprint density at radius 1 is 1.35 bits per heavy atom. The number of methoxy groups -OCH3 is 1. The normalized spacial score (nSPS) is 12.5. The maximum atomic E-state index is 13.3. The van der Waals surface area contributed by atoms with Gasteiger partial charge in [-0.2, -0.15) is 0 Å². The van der Waals surface area contributed by atoms with Gasteiger partial charge in [-0.05, 0) is 45.6 Å². The Balaban J connectivity index is 2.46. The highest BCUT2D eigenvalue weighted by Gasteiger charge is 2.19. The fraction of sp³-hybridized carbons (Fsp3) is 0.167. The molecule has 0 N–H and O–H groups in total. The summed E-state index contributed by atoms with van der Waals surface area (Å²) in [7, 11) is 1.58. The Bertz CT molecular complexity index is 527. The molecule has 1 aromatic heterocycles. The molecule has 1 heterocycles. The summed E-state index contributed by atoms with van der Waals surface area (Å²) in [6.07, 6.45) is 0. The van der Waals surface area contributed by atoms with Gasteiger partial charge in [0.05, 0.1) is 11.9 Å². The molecule has 0 fully saturated rings. The lowest BCUT2D eigenvalue weighted by Crippen LogP contribution is -1.96. The first-order valence-electron chi connectivity index (χ1n) is 4.84. The zero-order valence-electron chi connectivity index (χ0n) is 8.91. The maximum absolute atomic E-state index is 13.3. The minimum absolute atomic E-state index is 0.0810. The van der Waals surface area contributed by atoms with Crippen molar-refractivity contribution >= 4 is 43.2 Å². The molecule has 0 bridgehead atoms. The Morgan fingerprint density at radius 3 is 2.71 bits per heavy atom. The summed E-state index contributed by atoms with van der Waals surface area (Å²) in [5.41, 5.74) is 0.788. The lowest BCUT2D eigenvalue weighted by molar-refractivity contribution is 0.409. The van der Waals surface area contributed by atoms with E-state index < -0.39 is 0 Å². The van der Waals surface area contributed by atoms with Gasteiger partial charge in [-0.1, -0.05) is 15.9 Å². The molecule has 0 aliphatic rings. The first kappa shape index (κ1) is 13.1. The van der Waals surface area contributed by atoms with Crippen molar-refractivity contribution in [1.29, 1.82) is 0 Å². The van der Waals surface area contributed by atoms with Crippen molar-refractivity contribution < 1.29 is 9.13 Å². The molecule has 0 saturated carbocycles. The molecule has 2 aromatic rings. The minimum atomic E-state index is -0.266. The second-order valence-electron chi connectivity index (χ2n) is 3.38. The van der Waals surface area contributed by atoms with Gasteiger partial charge in [-0.3, -0.25) is 0 Å². The molecule has 90 valence electrons. The summed E-state index contributed by atoms with van der Waals surface area (Å²) in [4.78, 5) is 1.01. The van der Waals surface area contributed by atoms with Crippen molar-refractivity contribution in [3.8, 4) is 5.75 Å². The van der Waals surface area contributed by atoms with Gasteiger partial charge in [0.25, 0.3) is 0 Å². The van der Waals surface area contributed by atoms with Crippen molar-refractivity contribution in [3.63, 3.8) is 0 Å². The summed E-state index contributed by atoms with van der Waals surface area (Å²) >= 11 is 8.66. The van der Waals surface area contributed by atoms with E-state index in [0.29, 0.717) is 5.75 Å². The van der Waals surface area contributed by atoms with Crippen LogP contribution >= 0.6 is 43.2 Å². The van der Waals surface area contributed by atoms with E-state index in [1.807, 2.05) is 11.4 Å². The largest absolute Gasteiger partial charge is 0.496 e. The summed E-state index contributed by atoms with van der Waals surface area (Å²) in [6.45, 7) is 0. The number of hydrogen-bond acceptors (Lipinski definition) is 2. The Kier molecular flexibility index (Phi) is 4.22. The van der Waals surface area contributed by atoms with Crippen LogP contribution in [0.1, 0.15) is 15.3 Å². The molecule has 1 unspecified atom stereocenters. The second-order valence-corrected chi connectivity index (χ2v) is 6.10. The third kappa shape index (κ3) is 2.72. The number of halogens is 3. The Labute approximate surface area is 120 Å². The first-order valence-corrected chi connectivity index (χ1v) is 7.42. The van der Waals surface area contributed by atoms with Crippen LogP contribution in [0.5, 0.6) is 5.75 Å². The van der Waals surface area contributed by atoms with Gasteiger partial charge in [0.15, 0.2) is 0 Å². The van der Waals surface area contributed by atoms with Crippen LogP contribution < -0.4 is 4.74 Å². The molecule has 0 aliphatic carbocycles. The average Bonchev–Trinajstić information content (AvgIpc) is 2.74. The van der Waals surface area contributed by atoms with Gasteiger partial charge >= 0.3 is 0 Å². The lowest BCUT2D eigenvalue weighted by atomic mass is 10.1. The molecule has 1 nitrogen and oxygen atoms in total. The van der Waals surface area contributed by atoms with E-state index in [1.165, 1.54) is 12.1 Å². The van der Waals surface area contributed by atoms with E-state index in [9.17, 15) is 4.39 Å². The predicted molar refractivity (Wildman–Crippen MR) is 75.7 cm³/mol. The molecular weight excluding hydrogens is 371 g/mol. The quantitative estimate of drug-likeness (QED) is 0.670. The molecule has 17 heavy (non-hydrogen) atoms. The summed E-state index contributed by atoms with van der Waals surface area (Å²) in [6, 6.07) is 6.50. The Morgan fingerprint density at radius 2 is 2.12 bits per heavy atom. The average molecular weight is 380 g/mol. The number of rotatable bonds is 3. The first-order chi connectivity index (χ1) is 8.13. The minimum Gasteiger partial charge on any atom is -0.496 e. The zero-order chi connectivity index (χ0) is 12.4. The van der Waals surface area contributed by atoms with Crippen LogP contribution in [-0.2, 0) is 0 Å². The van der Waals surface area contributed by atoms with Gasteiger partial charge in [0.1, 0.15) is 11.6 Å². The van der Waals surface area contributed by atoms with Crippen molar-refractivity contribution in [3.05, 3.63) is 50.4 Å². The topological polar surface area (TPSA) is 9.23 Å². The van der Waals surface area contributed by atoms with E-state index in [0.717, 1.165) is 14.9 Å². The van der Waals surface area contributed by atoms with Crippen LogP contribution in [0.2, 0.25) is 0 Å². The molecule has 1 aromatic carbocycles. The van der Waals surface area contributed by atoms with E-state index >= 15 is 0 Å². The SMILES string of the molecule is COc1ccc(F)cc1C(Br)c1sccc1Br. The molecule has 5 heteroatoms. The molecule has 2 rings (SSSR count). The highest BCUT2D eigenvalue weighted by Crippen LogP contribution is 2.42. The van der Waals surface area contributed by atoms with Crippen LogP contribution in [0.3, 0.4) is 0 Å². The highest BCUT2D eigenvalue weighted by molar-refractivity contribution is 9.11. The summed E-state index contributed by atoms with van der Waals surface area (Å²) in [5, 5.41) is 1.99. The van der Waals surface area contributed by atoms with Crippen LogP contribution in [0.15, 0.2) is 34.1 Å². The number of hydrogen-bond donors (Lipinski definition) is 0. The third-order valence-electron chi connectivity index (χ3n) is 2.34. The van der Waals surface area contributed by atoms with Crippen molar-refractivity contribution in [1.82, 2.24) is 0 Å².